The summed E-state index contributed by atoms with van der Waals surface area (Å²) < 4.78 is 0. The number of aliphatic carboxylic acids is 1. The lowest BCUT2D eigenvalue weighted by Crippen LogP contribution is -2.43. The molecule has 0 atom stereocenters. The van der Waals surface area contributed by atoms with Gasteiger partial charge >= 0.3 is 12.0 Å². The van der Waals surface area contributed by atoms with E-state index in [1.54, 1.807) is 0 Å². The topological polar surface area (TPSA) is 95.5 Å². The number of carbonyl (C=O) groups excluding carboxylic acids is 2. The standard InChI is InChI=1S/C14H24N2O4/c1-14(8-4-5-9-14)10-15-13(20)16-11(17)6-2-3-7-12(18)19/h2-10H2,1H3,(H,18,19)(H2,15,16,17,20). The van der Waals surface area contributed by atoms with Crippen LogP contribution in [-0.4, -0.2) is 29.6 Å². The van der Waals surface area contributed by atoms with Crippen LogP contribution in [0.5, 0.6) is 0 Å². The number of imide groups is 1. The van der Waals surface area contributed by atoms with Crippen molar-refractivity contribution in [3.63, 3.8) is 0 Å². The normalized spacial score (nSPS) is 16.6. The van der Waals surface area contributed by atoms with Gasteiger partial charge in [0.2, 0.25) is 5.91 Å². The molecule has 1 rings (SSSR count). The van der Waals surface area contributed by atoms with Crippen molar-refractivity contribution in [1.29, 1.82) is 0 Å². The predicted octanol–water partition coefficient (Wildman–Crippen LogP) is 2.04. The number of carbonyl (C=O) groups is 3. The SMILES string of the molecule is CC1(CNC(=O)NC(=O)CCCCC(=O)O)CCCC1. The molecule has 1 fully saturated rings. The summed E-state index contributed by atoms with van der Waals surface area (Å²) in [6, 6.07) is -0.457. The van der Waals surface area contributed by atoms with Gasteiger partial charge < -0.3 is 10.4 Å². The zero-order chi connectivity index (χ0) is 15.0. The average molecular weight is 284 g/mol. The average Bonchev–Trinajstić information content (AvgIpc) is 2.80. The highest BCUT2D eigenvalue weighted by Crippen LogP contribution is 2.36. The van der Waals surface area contributed by atoms with Crippen molar-refractivity contribution in [3.8, 4) is 0 Å². The molecule has 0 heterocycles. The van der Waals surface area contributed by atoms with Gasteiger partial charge in [-0.3, -0.25) is 14.9 Å². The maximum Gasteiger partial charge on any atom is 0.321 e. The fourth-order valence-corrected chi connectivity index (χ4v) is 2.49. The maximum absolute atomic E-state index is 11.6. The van der Waals surface area contributed by atoms with E-state index in [9.17, 15) is 14.4 Å². The summed E-state index contributed by atoms with van der Waals surface area (Å²) in [6.45, 7) is 2.74. The number of urea groups is 1. The van der Waals surface area contributed by atoms with Gasteiger partial charge in [0, 0.05) is 19.4 Å². The molecule has 3 N–H and O–H groups in total. The minimum absolute atomic E-state index is 0.0534. The Morgan fingerprint density at radius 1 is 1.10 bits per heavy atom. The Bertz CT molecular complexity index is 362. The highest BCUT2D eigenvalue weighted by atomic mass is 16.4. The second-order valence-corrected chi connectivity index (χ2v) is 5.85. The number of unbranched alkanes of at least 4 members (excludes halogenated alkanes) is 1. The second kappa shape index (κ2) is 7.87. The van der Waals surface area contributed by atoms with E-state index in [-0.39, 0.29) is 24.2 Å². The summed E-state index contributed by atoms with van der Waals surface area (Å²) in [5, 5.41) is 13.5. The molecule has 3 amide bonds. The molecule has 0 aliphatic heterocycles. The first-order chi connectivity index (χ1) is 9.41. The summed E-state index contributed by atoms with van der Waals surface area (Å²) in [7, 11) is 0. The second-order valence-electron chi connectivity index (χ2n) is 5.85. The van der Waals surface area contributed by atoms with Crippen molar-refractivity contribution in [3.05, 3.63) is 0 Å². The largest absolute Gasteiger partial charge is 0.481 e. The lowest BCUT2D eigenvalue weighted by molar-refractivity contribution is -0.137. The summed E-state index contributed by atoms with van der Waals surface area (Å²) >= 11 is 0. The van der Waals surface area contributed by atoms with Crippen molar-refractivity contribution in [2.45, 2.75) is 58.3 Å². The Kier molecular flexibility index (Phi) is 6.48. The number of hydrogen-bond acceptors (Lipinski definition) is 3. The fourth-order valence-electron chi connectivity index (χ4n) is 2.49. The van der Waals surface area contributed by atoms with Gasteiger partial charge in [-0.1, -0.05) is 19.8 Å². The minimum atomic E-state index is -0.868. The molecule has 114 valence electrons. The Balaban J connectivity index is 2.11. The molecule has 1 aliphatic rings. The molecule has 6 nitrogen and oxygen atoms in total. The van der Waals surface area contributed by atoms with Gasteiger partial charge in [0.25, 0.3) is 0 Å². The first-order valence-electron chi connectivity index (χ1n) is 7.21. The van der Waals surface area contributed by atoms with E-state index in [1.165, 1.54) is 12.8 Å². The van der Waals surface area contributed by atoms with Gasteiger partial charge in [-0.15, -0.1) is 0 Å². The van der Waals surface area contributed by atoms with E-state index in [4.69, 9.17) is 5.11 Å². The van der Waals surface area contributed by atoms with Crippen LogP contribution < -0.4 is 10.6 Å². The van der Waals surface area contributed by atoms with Gasteiger partial charge in [0.1, 0.15) is 0 Å². The van der Waals surface area contributed by atoms with Gasteiger partial charge in [0.15, 0.2) is 0 Å². The van der Waals surface area contributed by atoms with Crippen LogP contribution in [0.3, 0.4) is 0 Å². The van der Waals surface area contributed by atoms with E-state index in [2.05, 4.69) is 17.6 Å². The third kappa shape index (κ3) is 6.54. The summed E-state index contributed by atoms with van der Waals surface area (Å²) in [5.41, 5.74) is 0.155. The van der Waals surface area contributed by atoms with Crippen LogP contribution in [0, 0.1) is 5.41 Å². The van der Waals surface area contributed by atoms with Gasteiger partial charge in [-0.25, -0.2) is 4.79 Å². The number of nitrogens with one attached hydrogen (secondary N) is 2. The number of hydrogen-bond donors (Lipinski definition) is 3. The van der Waals surface area contributed by atoms with E-state index in [0.29, 0.717) is 19.4 Å². The molecule has 0 aromatic heterocycles. The zero-order valence-electron chi connectivity index (χ0n) is 12.0. The Hall–Kier alpha value is -1.59. The van der Waals surface area contributed by atoms with E-state index < -0.39 is 12.0 Å². The molecule has 0 saturated heterocycles. The van der Waals surface area contributed by atoms with Gasteiger partial charge in [-0.2, -0.15) is 0 Å². The third-order valence-corrected chi connectivity index (χ3v) is 3.78. The minimum Gasteiger partial charge on any atom is -0.481 e. The molecule has 0 spiro atoms. The quantitative estimate of drug-likeness (QED) is 0.623. The Morgan fingerprint density at radius 3 is 2.30 bits per heavy atom. The van der Waals surface area contributed by atoms with E-state index in [1.807, 2.05) is 0 Å². The molecule has 0 radical (unpaired) electrons. The summed E-state index contributed by atoms with van der Waals surface area (Å²) in [5.74, 6) is -1.22. The summed E-state index contributed by atoms with van der Waals surface area (Å²) in [4.78, 5) is 33.3. The highest BCUT2D eigenvalue weighted by molar-refractivity contribution is 5.94. The number of amides is 3. The molecule has 1 aliphatic carbocycles. The molecule has 0 unspecified atom stereocenters. The molecule has 20 heavy (non-hydrogen) atoms. The molecule has 0 aromatic carbocycles. The third-order valence-electron chi connectivity index (χ3n) is 3.78. The Labute approximate surface area is 119 Å². The molecular formula is C14H24N2O4. The number of carboxylic acid groups (broad SMARTS) is 1. The van der Waals surface area contributed by atoms with Crippen LogP contribution in [0.4, 0.5) is 4.79 Å². The number of rotatable bonds is 7. The van der Waals surface area contributed by atoms with Crippen molar-refractivity contribution in [1.82, 2.24) is 10.6 Å². The van der Waals surface area contributed by atoms with Crippen LogP contribution in [0.25, 0.3) is 0 Å². The molecule has 0 bridgehead atoms. The van der Waals surface area contributed by atoms with E-state index in [0.717, 1.165) is 12.8 Å². The first kappa shape index (κ1) is 16.5. The number of carboxylic acids is 1. The van der Waals surface area contributed by atoms with Crippen molar-refractivity contribution < 1.29 is 19.5 Å². The lowest BCUT2D eigenvalue weighted by atomic mass is 9.89. The van der Waals surface area contributed by atoms with Crippen LogP contribution in [0.1, 0.15) is 58.3 Å². The van der Waals surface area contributed by atoms with Crippen molar-refractivity contribution >= 4 is 17.9 Å². The van der Waals surface area contributed by atoms with E-state index >= 15 is 0 Å². The van der Waals surface area contributed by atoms with Crippen LogP contribution in [-0.2, 0) is 9.59 Å². The molecular weight excluding hydrogens is 260 g/mol. The summed E-state index contributed by atoms with van der Waals surface area (Å²) in [6.07, 6.45) is 5.76. The predicted molar refractivity (Wildman–Crippen MR) is 74.2 cm³/mol. The lowest BCUT2D eigenvalue weighted by Gasteiger charge is -2.23. The van der Waals surface area contributed by atoms with Crippen LogP contribution >= 0.6 is 0 Å². The van der Waals surface area contributed by atoms with Crippen LogP contribution in [0.15, 0.2) is 0 Å². The van der Waals surface area contributed by atoms with Crippen molar-refractivity contribution in [2.75, 3.05) is 6.54 Å². The maximum atomic E-state index is 11.6. The first-order valence-corrected chi connectivity index (χ1v) is 7.21. The molecule has 1 saturated carbocycles. The smallest absolute Gasteiger partial charge is 0.321 e. The molecule has 0 aromatic rings. The van der Waals surface area contributed by atoms with Gasteiger partial charge in [0.05, 0.1) is 0 Å². The van der Waals surface area contributed by atoms with Crippen molar-refractivity contribution in [2.24, 2.45) is 5.41 Å². The molecule has 6 heteroatoms. The van der Waals surface area contributed by atoms with Crippen LogP contribution in [0.2, 0.25) is 0 Å². The highest BCUT2D eigenvalue weighted by Gasteiger charge is 2.28. The Morgan fingerprint density at radius 2 is 1.70 bits per heavy atom. The fraction of sp³-hybridized carbons (Fsp3) is 0.786. The van der Waals surface area contributed by atoms with Gasteiger partial charge in [-0.05, 0) is 31.1 Å². The monoisotopic (exact) mass is 284 g/mol. The zero-order valence-corrected chi connectivity index (χ0v) is 12.0.